The molecule has 21 heavy (non-hydrogen) atoms. The van der Waals surface area contributed by atoms with Crippen molar-refractivity contribution in [2.24, 2.45) is 5.92 Å². The zero-order chi connectivity index (χ0) is 15.6. The molecule has 0 amide bonds. The number of aliphatic carboxylic acids is 1. The molecule has 1 atom stereocenters. The van der Waals surface area contributed by atoms with E-state index in [0.29, 0.717) is 29.6 Å². The number of carboxylic acids is 1. The van der Waals surface area contributed by atoms with E-state index in [9.17, 15) is 13.2 Å². The second kappa shape index (κ2) is 6.33. The van der Waals surface area contributed by atoms with Gasteiger partial charge in [0, 0.05) is 13.1 Å². The fraction of sp³-hybridized carbons (Fsp3) is 0.462. The number of benzene rings is 1. The molecule has 8 heteroatoms. The van der Waals surface area contributed by atoms with Gasteiger partial charge in [0.1, 0.15) is 5.75 Å². The molecule has 1 N–H and O–H groups in total. The summed E-state index contributed by atoms with van der Waals surface area (Å²) in [6.45, 7) is 0.358. The van der Waals surface area contributed by atoms with Crippen molar-refractivity contribution in [2.45, 2.75) is 17.7 Å². The molecule has 0 saturated carbocycles. The van der Waals surface area contributed by atoms with E-state index in [0.717, 1.165) is 0 Å². The quantitative estimate of drug-likeness (QED) is 0.866. The summed E-state index contributed by atoms with van der Waals surface area (Å²) in [6, 6.07) is 4.50. The second-order valence-electron chi connectivity index (χ2n) is 4.84. The van der Waals surface area contributed by atoms with Crippen LogP contribution in [0.15, 0.2) is 27.6 Å². The third kappa shape index (κ3) is 3.38. The highest BCUT2D eigenvalue weighted by atomic mass is 79.9. The first-order chi connectivity index (χ1) is 9.86. The van der Waals surface area contributed by atoms with Gasteiger partial charge >= 0.3 is 5.97 Å². The minimum absolute atomic E-state index is 0.0152. The molecule has 1 saturated heterocycles. The molecular formula is C13H16BrNO5S. The maximum atomic E-state index is 12.6. The van der Waals surface area contributed by atoms with Gasteiger partial charge in [-0.05, 0) is 47.0 Å². The normalized spacial score (nSPS) is 20.2. The summed E-state index contributed by atoms with van der Waals surface area (Å²) in [5, 5.41) is 9.06. The molecule has 1 aliphatic heterocycles. The highest BCUT2D eigenvalue weighted by Gasteiger charge is 2.33. The molecular weight excluding hydrogens is 362 g/mol. The van der Waals surface area contributed by atoms with Gasteiger partial charge in [-0.1, -0.05) is 0 Å². The summed E-state index contributed by atoms with van der Waals surface area (Å²) in [5.74, 6) is -1.06. The number of hydrogen-bond donors (Lipinski definition) is 1. The first kappa shape index (κ1) is 16.3. The number of nitrogens with zero attached hydrogens (tertiary/aromatic N) is 1. The van der Waals surface area contributed by atoms with Crippen LogP contribution in [-0.2, 0) is 14.8 Å². The highest BCUT2D eigenvalue weighted by Crippen LogP contribution is 2.30. The Labute approximate surface area is 131 Å². The molecule has 1 aromatic rings. The Morgan fingerprint density at radius 3 is 2.76 bits per heavy atom. The fourth-order valence-corrected chi connectivity index (χ4v) is 4.56. The molecule has 6 nitrogen and oxygen atoms in total. The zero-order valence-corrected chi connectivity index (χ0v) is 13.9. The standard InChI is InChI=1S/C13H16BrNO5S/c1-20-12-5-4-10(7-11(12)14)21(18,19)15-6-2-3-9(8-15)13(16)17/h4-5,7,9H,2-3,6,8H2,1H3,(H,16,17)/t9-/m0/s1. The first-order valence-electron chi connectivity index (χ1n) is 6.42. The number of piperidine rings is 1. The van der Waals surface area contributed by atoms with E-state index in [1.54, 1.807) is 6.07 Å². The van der Waals surface area contributed by atoms with E-state index in [1.807, 2.05) is 0 Å². The fourth-order valence-electron chi connectivity index (χ4n) is 2.32. The lowest BCUT2D eigenvalue weighted by molar-refractivity contribution is -0.142. The predicted molar refractivity (Wildman–Crippen MR) is 79.8 cm³/mol. The topological polar surface area (TPSA) is 83.9 Å². The minimum Gasteiger partial charge on any atom is -0.496 e. The van der Waals surface area contributed by atoms with Crippen molar-refractivity contribution in [1.29, 1.82) is 0 Å². The SMILES string of the molecule is COc1ccc(S(=O)(=O)N2CCC[C@H](C(=O)O)C2)cc1Br. The number of hydrogen-bond acceptors (Lipinski definition) is 4. The Hall–Kier alpha value is -1.12. The van der Waals surface area contributed by atoms with E-state index in [4.69, 9.17) is 9.84 Å². The highest BCUT2D eigenvalue weighted by molar-refractivity contribution is 9.10. The predicted octanol–water partition coefficient (Wildman–Crippen LogP) is 1.94. The second-order valence-corrected chi connectivity index (χ2v) is 7.63. The Morgan fingerprint density at radius 2 is 2.19 bits per heavy atom. The van der Waals surface area contributed by atoms with Gasteiger partial charge in [-0.25, -0.2) is 8.42 Å². The van der Waals surface area contributed by atoms with Gasteiger partial charge in [-0.2, -0.15) is 4.31 Å². The van der Waals surface area contributed by atoms with Crippen LogP contribution in [0.1, 0.15) is 12.8 Å². The Morgan fingerprint density at radius 1 is 1.48 bits per heavy atom. The lowest BCUT2D eigenvalue weighted by atomic mass is 10.0. The Balaban J connectivity index is 2.29. The number of ether oxygens (including phenoxy) is 1. The van der Waals surface area contributed by atoms with Gasteiger partial charge in [0.25, 0.3) is 0 Å². The maximum absolute atomic E-state index is 12.6. The van der Waals surface area contributed by atoms with Crippen LogP contribution in [0.2, 0.25) is 0 Å². The molecule has 1 aromatic carbocycles. The van der Waals surface area contributed by atoms with E-state index < -0.39 is 21.9 Å². The summed E-state index contributed by atoms with van der Waals surface area (Å²) in [5.41, 5.74) is 0. The van der Waals surface area contributed by atoms with Crippen LogP contribution in [0.4, 0.5) is 0 Å². The largest absolute Gasteiger partial charge is 0.496 e. The third-order valence-corrected chi connectivity index (χ3v) is 5.98. The van der Waals surface area contributed by atoms with Gasteiger partial charge in [0.2, 0.25) is 10.0 Å². The lowest BCUT2D eigenvalue weighted by Gasteiger charge is -2.29. The zero-order valence-electron chi connectivity index (χ0n) is 11.5. The third-order valence-electron chi connectivity index (χ3n) is 3.49. The Bertz CT molecular complexity index is 646. The van der Waals surface area contributed by atoms with Crippen molar-refractivity contribution in [3.8, 4) is 5.75 Å². The number of carboxylic acid groups (broad SMARTS) is 1. The molecule has 0 unspecified atom stereocenters. The Kier molecular flexibility index (Phi) is 4.90. The van der Waals surface area contributed by atoms with E-state index >= 15 is 0 Å². The van der Waals surface area contributed by atoms with Crippen molar-refractivity contribution in [2.75, 3.05) is 20.2 Å². The van der Waals surface area contributed by atoms with Gasteiger partial charge in [0.05, 0.1) is 22.4 Å². The molecule has 1 fully saturated rings. The molecule has 0 radical (unpaired) electrons. The van der Waals surface area contributed by atoms with E-state index in [2.05, 4.69) is 15.9 Å². The molecule has 1 heterocycles. The maximum Gasteiger partial charge on any atom is 0.307 e. The van der Waals surface area contributed by atoms with Crippen LogP contribution >= 0.6 is 15.9 Å². The molecule has 0 spiro atoms. The van der Waals surface area contributed by atoms with Crippen LogP contribution in [-0.4, -0.2) is 44.0 Å². The first-order valence-corrected chi connectivity index (χ1v) is 8.66. The summed E-state index contributed by atoms with van der Waals surface area (Å²) in [7, 11) is -2.20. The smallest absolute Gasteiger partial charge is 0.307 e. The monoisotopic (exact) mass is 377 g/mol. The summed E-state index contributed by atoms with van der Waals surface area (Å²) in [4.78, 5) is 11.2. The van der Waals surface area contributed by atoms with Crippen molar-refractivity contribution >= 4 is 31.9 Å². The molecule has 0 bridgehead atoms. The van der Waals surface area contributed by atoms with Crippen molar-refractivity contribution in [3.05, 3.63) is 22.7 Å². The number of sulfonamides is 1. The van der Waals surface area contributed by atoms with Crippen LogP contribution in [0.3, 0.4) is 0 Å². The molecule has 116 valence electrons. The van der Waals surface area contributed by atoms with Crippen molar-refractivity contribution < 1.29 is 23.1 Å². The lowest BCUT2D eigenvalue weighted by Crippen LogP contribution is -2.42. The van der Waals surface area contributed by atoms with E-state index in [-0.39, 0.29) is 11.4 Å². The minimum atomic E-state index is -3.69. The van der Waals surface area contributed by atoms with Crippen LogP contribution in [0, 0.1) is 5.92 Å². The molecule has 0 aromatic heterocycles. The molecule has 0 aliphatic carbocycles. The van der Waals surface area contributed by atoms with Gasteiger partial charge in [-0.15, -0.1) is 0 Å². The average Bonchev–Trinajstić information content (AvgIpc) is 2.47. The number of methoxy groups -OCH3 is 1. The summed E-state index contributed by atoms with van der Waals surface area (Å²) >= 11 is 3.26. The van der Waals surface area contributed by atoms with Crippen molar-refractivity contribution in [3.63, 3.8) is 0 Å². The summed E-state index contributed by atoms with van der Waals surface area (Å²) < 4.78 is 32.0. The molecule has 1 aliphatic rings. The van der Waals surface area contributed by atoms with Gasteiger partial charge in [-0.3, -0.25) is 4.79 Å². The van der Waals surface area contributed by atoms with Gasteiger partial charge in [0.15, 0.2) is 0 Å². The van der Waals surface area contributed by atoms with Crippen molar-refractivity contribution in [1.82, 2.24) is 4.31 Å². The molecule has 2 rings (SSSR count). The van der Waals surface area contributed by atoms with E-state index in [1.165, 1.54) is 23.5 Å². The van der Waals surface area contributed by atoms with Crippen LogP contribution in [0.5, 0.6) is 5.75 Å². The van der Waals surface area contributed by atoms with Crippen LogP contribution in [0.25, 0.3) is 0 Å². The van der Waals surface area contributed by atoms with Crippen LogP contribution < -0.4 is 4.74 Å². The number of halogens is 1. The van der Waals surface area contributed by atoms with Gasteiger partial charge < -0.3 is 9.84 Å². The average molecular weight is 378 g/mol. The summed E-state index contributed by atoms with van der Waals surface area (Å²) in [6.07, 6.45) is 1.06. The number of carbonyl (C=O) groups is 1. The number of rotatable bonds is 4.